The summed E-state index contributed by atoms with van der Waals surface area (Å²) >= 11 is 0. The summed E-state index contributed by atoms with van der Waals surface area (Å²) in [6.07, 6.45) is 2.17. The Hall–Kier alpha value is -1.53. The first-order valence-corrected chi connectivity index (χ1v) is 8.04. The molecule has 0 radical (unpaired) electrons. The van der Waals surface area contributed by atoms with Gasteiger partial charge < -0.3 is 9.52 Å². The highest BCUT2D eigenvalue weighted by Crippen LogP contribution is 2.29. The van der Waals surface area contributed by atoms with Gasteiger partial charge >= 0.3 is 0 Å². The summed E-state index contributed by atoms with van der Waals surface area (Å²) < 4.78 is 33.9. The molecular weight excluding hydrogens is 302 g/mol. The summed E-state index contributed by atoms with van der Waals surface area (Å²) in [6, 6.07) is 1.53. The Morgan fingerprint density at radius 3 is 2.70 bits per heavy atom. The molecule has 2 atom stereocenters. The minimum Gasteiger partial charge on any atom is -0.437 e. The molecule has 0 saturated heterocycles. The number of nitrogens with zero attached hydrogens (tertiary/aromatic N) is 2. The third-order valence-corrected chi connectivity index (χ3v) is 4.58. The van der Waals surface area contributed by atoms with Gasteiger partial charge in [-0.15, -0.1) is 0 Å². The number of hydrogen-bond acceptors (Lipinski definition) is 4. The molecule has 3 rings (SSSR count). The van der Waals surface area contributed by atoms with E-state index < -0.39 is 17.7 Å². The van der Waals surface area contributed by atoms with Gasteiger partial charge in [-0.05, 0) is 32.4 Å². The van der Waals surface area contributed by atoms with Crippen molar-refractivity contribution in [3.8, 4) is 0 Å². The van der Waals surface area contributed by atoms with Crippen LogP contribution in [0.25, 0.3) is 11.1 Å². The maximum atomic E-state index is 14.3. The average molecular weight is 324 g/mol. The van der Waals surface area contributed by atoms with E-state index in [-0.39, 0.29) is 29.7 Å². The third-order valence-electron chi connectivity index (χ3n) is 4.58. The van der Waals surface area contributed by atoms with Gasteiger partial charge in [-0.3, -0.25) is 4.90 Å². The quantitative estimate of drug-likeness (QED) is 0.934. The molecule has 1 aliphatic rings. The molecule has 0 unspecified atom stereocenters. The molecule has 4 nitrogen and oxygen atoms in total. The second-order valence-electron chi connectivity index (χ2n) is 6.70. The maximum absolute atomic E-state index is 14.3. The Kier molecular flexibility index (Phi) is 4.38. The molecule has 1 N–H and O–H groups in total. The zero-order valence-corrected chi connectivity index (χ0v) is 13.6. The molecule has 1 saturated carbocycles. The lowest BCUT2D eigenvalue weighted by Crippen LogP contribution is -2.37. The molecule has 1 aromatic heterocycles. The van der Waals surface area contributed by atoms with E-state index in [9.17, 15) is 13.9 Å². The molecule has 6 heteroatoms. The lowest BCUT2D eigenvalue weighted by Gasteiger charge is -2.27. The van der Waals surface area contributed by atoms with Crippen molar-refractivity contribution in [1.82, 2.24) is 9.88 Å². The molecule has 0 amide bonds. The molecule has 126 valence electrons. The summed E-state index contributed by atoms with van der Waals surface area (Å²) in [5.74, 6) is -1.49. The number of aliphatic hydroxyl groups is 1. The van der Waals surface area contributed by atoms with Gasteiger partial charge in [0.1, 0.15) is 5.52 Å². The molecule has 0 spiro atoms. The first-order valence-electron chi connectivity index (χ1n) is 8.04. The molecule has 1 aromatic carbocycles. The van der Waals surface area contributed by atoms with E-state index in [0.29, 0.717) is 11.4 Å². The molecule has 0 aliphatic heterocycles. The number of benzene rings is 1. The van der Waals surface area contributed by atoms with E-state index in [1.54, 1.807) is 6.07 Å². The Balaban J connectivity index is 1.92. The predicted octanol–water partition coefficient (Wildman–Crippen LogP) is 3.57. The number of likely N-dealkylation sites (N-methyl/N-ethyl adjacent to an activating group) is 1. The van der Waals surface area contributed by atoms with Crippen molar-refractivity contribution in [1.29, 1.82) is 0 Å². The van der Waals surface area contributed by atoms with Gasteiger partial charge in [0, 0.05) is 24.1 Å². The monoisotopic (exact) mass is 324 g/mol. The zero-order chi connectivity index (χ0) is 16.7. The second-order valence-corrected chi connectivity index (χ2v) is 6.70. The summed E-state index contributed by atoms with van der Waals surface area (Å²) in [7, 11) is 1.82. The Labute approximate surface area is 134 Å². The van der Waals surface area contributed by atoms with Gasteiger partial charge in [0.15, 0.2) is 17.3 Å². The van der Waals surface area contributed by atoms with Crippen LogP contribution in [0.4, 0.5) is 8.78 Å². The maximum Gasteiger partial charge on any atom is 0.203 e. The smallest absolute Gasteiger partial charge is 0.203 e. The van der Waals surface area contributed by atoms with Crippen LogP contribution in [0.2, 0.25) is 0 Å². The minimum absolute atomic E-state index is 0.00428. The third kappa shape index (κ3) is 2.97. The standard InChI is InChI=1S/C17H22F2N2O2/c1-9(2)17-20-11-7-10(14(18)15(19)16(11)23-17)8-21(3)12-5-4-6-13(12)22/h7,9,12-13,22H,4-6,8H2,1-3H3/t12-,13-/m1/s1. The average Bonchev–Trinajstić information content (AvgIpc) is 3.10. The lowest BCUT2D eigenvalue weighted by atomic mass is 10.1. The first-order chi connectivity index (χ1) is 10.9. The van der Waals surface area contributed by atoms with Gasteiger partial charge in [-0.25, -0.2) is 9.37 Å². The highest BCUT2D eigenvalue weighted by molar-refractivity contribution is 5.74. The van der Waals surface area contributed by atoms with Crippen LogP contribution in [0, 0.1) is 11.6 Å². The zero-order valence-electron chi connectivity index (χ0n) is 13.6. The largest absolute Gasteiger partial charge is 0.437 e. The molecule has 1 aliphatic carbocycles. The molecule has 1 heterocycles. The van der Waals surface area contributed by atoms with Crippen LogP contribution >= 0.6 is 0 Å². The van der Waals surface area contributed by atoms with Crippen molar-refractivity contribution in [3.05, 3.63) is 29.2 Å². The van der Waals surface area contributed by atoms with E-state index in [1.165, 1.54) is 0 Å². The molecule has 1 fully saturated rings. The number of aliphatic hydroxyl groups excluding tert-OH is 1. The van der Waals surface area contributed by atoms with Crippen LogP contribution in [0.3, 0.4) is 0 Å². The van der Waals surface area contributed by atoms with E-state index in [0.717, 1.165) is 19.3 Å². The van der Waals surface area contributed by atoms with E-state index in [1.807, 2.05) is 25.8 Å². The highest BCUT2D eigenvalue weighted by Gasteiger charge is 2.29. The molecule has 2 aromatic rings. The Morgan fingerprint density at radius 1 is 1.35 bits per heavy atom. The topological polar surface area (TPSA) is 49.5 Å². The van der Waals surface area contributed by atoms with Crippen LogP contribution in [-0.2, 0) is 6.54 Å². The van der Waals surface area contributed by atoms with Crippen molar-refractivity contribution in [2.24, 2.45) is 0 Å². The first kappa shape index (κ1) is 16.3. The van der Waals surface area contributed by atoms with Crippen molar-refractivity contribution in [2.45, 2.75) is 57.7 Å². The number of hydrogen-bond donors (Lipinski definition) is 1. The van der Waals surface area contributed by atoms with Gasteiger partial charge in [0.2, 0.25) is 5.82 Å². The van der Waals surface area contributed by atoms with E-state index >= 15 is 0 Å². The van der Waals surface area contributed by atoms with Gasteiger partial charge in [-0.2, -0.15) is 4.39 Å². The van der Waals surface area contributed by atoms with Crippen LogP contribution < -0.4 is 0 Å². The van der Waals surface area contributed by atoms with E-state index in [4.69, 9.17) is 4.42 Å². The molecule has 23 heavy (non-hydrogen) atoms. The van der Waals surface area contributed by atoms with Gasteiger partial charge in [0.25, 0.3) is 0 Å². The number of halogens is 2. The Bertz CT molecular complexity index is 714. The number of oxazole rings is 1. The predicted molar refractivity (Wildman–Crippen MR) is 83.1 cm³/mol. The lowest BCUT2D eigenvalue weighted by molar-refractivity contribution is 0.0818. The molecule has 0 bridgehead atoms. The second kappa shape index (κ2) is 6.17. The summed E-state index contributed by atoms with van der Waals surface area (Å²) in [6.45, 7) is 3.99. The fourth-order valence-electron chi connectivity index (χ4n) is 3.26. The van der Waals surface area contributed by atoms with Crippen LogP contribution in [0.5, 0.6) is 0 Å². The van der Waals surface area contributed by atoms with E-state index in [2.05, 4.69) is 4.98 Å². The fraction of sp³-hybridized carbons (Fsp3) is 0.588. The van der Waals surface area contributed by atoms with Crippen molar-refractivity contribution in [2.75, 3.05) is 7.05 Å². The number of aromatic nitrogens is 1. The van der Waals surface area contributed by atoms with Crippen molar-refractivity contribution in [3.63, 3.8) is 0 Å². The highest BCUT2D eigenvalue weighted by atomic mass is 19.2. The van der Waals surface area contributed by atoms with Gasteiger partial charge in [0.05, 0.1) is 6.10 Å². The van der Waals surface area contributed by atoms with Crippen LogP contribution in [0.15, 0.2) is 10.5 Å². The summed E-state index contributed by atoms with van der Waals surface area (Å²) in [5, 5.41) is 9.96. The fourth-order valence-corrected chi connectivity index (χ4v) is 3.26. The SMILES string of the molecule is CC(C)c1nc2cc(CN(C)[C@@H]3CCC[C@H]3O)c(F)c(F)c2o1. The van der Waals surface area contributed by atoms with Crippen molar-refractivity contribution >= 4 is 11.1 Å². The summed E-state index contributed by atoms with van der Waals surface area (Å²) in [5.41, 5.74) is 0.446. The number of fused-ring (bicyclic) bond motifs is 1. The minimum atomic E-state index is -0.989. The van der Waals surface area contributed by atoms with Gasteiger partial charge in [-0.1, -0.05) is 13.8 Å². The van der Waals surface area contributed by atoms with Crippen molar-refractivity contribution < 1.29 is 18.3 Å². The number of rotatable bonds is 4. The molecular formula is C17H22F2N2O2. The van der Waals surface area contributed by atoms with Crippen LogP contribution in [-0.4, -0.2) is 34.2 Å². The normalized spacial score (nSPS) is 21.9. The summed E-state index contributed by atoms with van der Waals surface area (Å²) in [4.78, 5) is 6.13. The van der Waals surface area contributed by atoms with Crippen LogP contribution in [0.1, 0.15) is 50.5 Å². The Morgan fingerprint density at radius 2 is 2.09 bits per heavy atom.